The number of ether oxygens (including phenoxy) is 2. The van der Waals surface area contributed by atoms with Crippen LogP contribution in [0.25, 0.3) is 0 Å². The lowest BCUT2D eigenvalue weighted by Crippen LogP contribution is -2.44. The molecule has 1 amide bonds. The lowest BCUT2D eigenvalue weighted by Gasteiger charge is -2.16. The van der Waals surface area contributed by atoms with Gasteiger partial charge in [0.25, 0.3) is 5.91 Å². The lowest BCUT2D eigenvalue weighted by atomic mass is 10.1. The van der Waals surface area contributed by atoms with Gasteiger partial charge in [-0.2, -0.15) is 0 Å². The second-order valence-electron chi connectivity index (χ2n) is 5.57. The zero-order chi connectivity index (χ0) is 19.8. The maximum absolute atomic E-state index is 12.1. The predicted octanol–water partition coefficient (Wildman–Crippen LogP) is 2.10. The van der Waals surface area contributed by atoms with Crippen molar-refractivity contribution in [1.29, 1.82) is 0 Å². The smallest absolute Gasteiger partial charge is 0.342 e. The van der Waals surface area contributed by atoms with E-state index in [4.69, 9.17) is 21.1 Å². The molecule has 0 aliphatic rings. The highest BCUT2D eigenvalue weighted by molar-refractivity contribution is 6.31. The summed E-state index contributed by atoms with van der Waals surface area (Å²) in [6.07, 6.45) is 0.224. The van der Waals surface area contributed by atoms with Gasteiger partial charge in [0, 0.05) is 11.4 Å². The van der Waals surface area contributed by atoms with E-state index in [0.717, 1.165) is 5.56 Å². The third-order valence-corrected chi connectivity index (χ3v) is 3.85. The standard InChI is InChI=1S/C19H18ClNO6/c1-26-19(25)15(9-12-5-3-2-4-6-12)21-17(23)11-27-18(24)14-10-13(20)7-8-16(14)22/h2-8,10,15,22H,9,11H2,1H3,(H,21,23)/t15-/m0/s1. The van der Waals surface area contributed by atoms with Gasteiger partial charge in [-0.25, -0.2) is 9.59 Å². The number of carbonyl (C=O) groups is 3. The first kappa shape index (κ1) is 20.3. The molecule has 2 N–H and O–H groups in total. The lowest BCUT2D eigenvalue weighted by molar-refractivity contribution is -0.145. The average Bonchev–Trinajstić information content (AvgIpc) is 2.67. The number of esters is 2. The minimum atomic E-state index is -0.928. The summed E-state index contributed by atoms with van der Waals surface area (Å²) < 4.78 is 9.57. The molecule has 2 rings (SSSR count). The van der Waals surface area contributed by atoms with Crippen LogP contribution in [0.2, 0.25) is 5.02 Å². The number of hydrogen-bond donors (Lipinski definition) is 2. The monoisotopic (exact) mass is 391 g/mol. The first-order valence-electron chi connectivity index (χ1n) is 7.97. The Morgan fingerprint density at radius 2 is 1.85 bits per heavy atom. The summed E-state index contributed by atoms with van der Waals surface area (Å²) in [5.74, 6) is -2.54. The fourth-order valence-corrected chi connectivity index (χ4v) is 2.47. The second kappa shape index (κ2) is 9.59. The second-order valence-corrected chi connectivity index (χ2v) is 6.01. The third kappa shape index (κ3) is 6.00. The number of benzene rings is 2. The van der Waals surface area contributed by atoms with Crippen molar-refractivity contribution in [2.75, 3.05) is 13.7 Å². The van der Waals surface area contributed by atoms with Crippen LogP contribution in [0.5, 0.6) is 5.75 Å². The minimum absolute atomic E-state index is 0.163. The highest BCUT2D eigenvalue weighted by Crippen LogP contribution is 2.22. The molecule has 1 atom stereocenters. The molecule has 0 radical (unpaired) electrons. The summed E-state index contributed by atoms with van der Waals surface area (Å²) in [5.41, 5.74) is 0.665. The molecule has 2 aromatic carbocycles. The zero-order valence-electron chi connectivity index (χ0n) is 14.5. The number of methoxy groups -OCH3 is 1. The van der Waals surface area contributed by atoms with Gasteiger partial charge in [0.15, 0.2) is 6.61 Å². The Morgan fingerprint density at radius 3 is 2.52 bits per heavy atom. The van der Waals surface area contributed by atoms with Gasteiger partial charge in [-0.05, 0) is 23.8 Å². The molecule has 0 aliphatic heterocycles. The molecule has 0 spiro atoms. The maximum atomic E-state index is 12.1. The Balaban J connectivity index is 1.96. The van der Waals surface area contributed by atoms with Crippen molar-refractivity contribution in [1.82, 2.24) is 5.32 Å². The number of halogens is 1. The quantitative estimate of drug-likeness (QED) is 0.701. The van der Waals surface area contributed by atoms with E-state index in [1.54, 1.807) is 0 Å². The normalized spacial score (nSPS) is 11.3. The number of phenolic OH excluding ortho intramolecular Hbond substituents is 1. The van der Waals surface area contributed by atoms with Gasteiger partial charge in [-0.15, -0.1) is 0 Å². The van der Waals surface area contributed by atoms with Crippen LogP contribution in [0.3, 0.4) is 0 Å². The van der Waals surface area contributed by atoms with Crippen molar-refractivity contribution in [3.05, 3.63) is 64.7 Å². The molecule has 0 fully saturated rings. The van der Waals surface area contributed by atoms with Crippen molar-refractivity contribution in [2.45, 2.75) is 12.5 Å². The molecule has 0 heterocycles. The van der Waals surface area contributed by atoms with Crippen molar-refractivity contribution in [3.8, 4) is 5.75 Å². The van der Waals surface area contributed by atoms with Gasteiger partial charge < -0.3 is 19.9 Å². The van der Waals surface area contributed by atoms with Gasteiger partial charge in [0.1, 0.15) is 17.4 Å². The summed E-state index contributed by atoms with van der Waals surface area (Å²) in [7, 11) is 1.22. The molecule has 7 nitrogen and oxygen atoms in total. The highest BCUT2D eigenvalue weighted by Gasteiger charge is 2.23. The molecule has 0 saturated carbocycles. The number of hydrogen-bond acceptors (Lipinski definition) is 6. The molecule has 27 heavy (non-hydrogen) atoms. The van der Waals surface area contributed by atoms with Crippen LogP contribution in [-0.4, -0.2) is 42.7 Å². The van der Waals surface area contributed by atoms with Gasteiger partial charge in [0.05, 0.1) is 7.11 Å². The first-order chi connectivity index (χ1) is 12.9. The fourth-order valence-electron chi connectivity index (χ4n) is 2.30. The molecule has 8 heteroatoms. The van der Waals surface area contributed by atoms with Crippen LogP contribution in [0, 0.1) is 0 Å². The largest absolute Gasteiger partial charge is 0.507 e. The topological polar surface area (TPSA) is 102 Å². The van der Waals surface area contributed by atoms with E-state index < -0.39 is 30.5 Å². The predicted molar refractivity (Wildman–Crippen MR) is 97.5 cm³/mol. The Bertz CT molecular complexity index is 824. The summed E-state index contributed by atoms with van der Waals surface area (Å²) in [4.78, 5) is 35.9. The van der Waals surface area contributed by atoms with Crippen LogP contribution in [0.4, 0.5) is 0 Å². The Labute approximate surface area is 160 Å². The van der Waals surface area contributed by atoms with Gasteiger partial charge in [-0.1, -0.05) is 41.9 Å². The molecular formula is C19H18ClNO6. The Hall–Kier alpha value is -3.06. The number of rotatable bonds is 7. The molecule has 0 saturated heterocycles. The van der Waals surface area contributed by atoms with Crippen molar-refractivity contribution >= 4 is 29.4 Å². The number of nitrogens with one attached hydrogen (secondary N) is 1. The van der Waals surface area contributed by atoms with E-state index in [0.29, 0.717) is 0 Å². The highest BCUT2D eigenvalue weighted by atomic mass is 35.5. The van der Waals surface area contributed by atoms with Crippen LogP contribution in [0.1, 0.15) is 15.9 Å². The van der Waals surface area contributed by atoms with E-state index in [1.807, 2.05) is 30.3 Å². The van der Waals surface area contributed by atoms with Crippen molar-refractivity contribution in [2.24, 2.45) is 0 Å². The van der Waals surface area contributed by atoms with Gasteiger partial charge >= 0.3 is 11.9 Å². The Kier molecular flexibility index (Phi) is 7.19. The number of carbonyl (C=O) groups excluding carboxylic acids is 3. The van der Waals surface area contributed by atoms with Gasteiger partial charge in [-0.3, -0.25) is 4.79 Å². The number of aromatic hydroxyl groups is 1. The molecular weight excluding hydrogens is 374 g/mol. The first-order valence-corrected chi connectivity index (χ1v) is 8.35. The van der Waals surface area contributed by atoms with E-state index >= 15 is 0 Å². The van der Waals surface area contributed by atoms with E-state index in [2.05, 4.69) is 5.32 Å². The summed E-state index contributed by atoms with van der Waals surface area (Å²) in [5, 5.41) is 12.4. The third-order valence-electron chi connectivity index (χ3n) is 3.62. The fraction of sp³-hybridized carbons (Fsp3) is 0.211. The summed E-state index contributed by atoms with van der Waals surface area (Å²) >= 11 is 5.77. The van der Waals surface area contributed by atoms with Crippen LogP contribution < -0.4 is 5.32 Å². The van der Waals surface area contributed by atoms with Crippen LogP contribution >= 0.6 is 11.6 Å². The molecule has 142 valence electrons. The van der Waals surface area contributed by atoms with E-state index in [-0.39, 0.29) is 22.8 Å². The van der Waals surface area contributed by atoms with Crippen molar-refractivity contribution in [3.63, 3.8) is 0 Å². The summed E-state index contributed by atoms with van der Waals surface area (Å²) in [6.45, 7) is -0.632. The van der Waals surface area contributed by atoms with E-state index in [9.17, 15) is 19.5 Å². The van der Waals surface area contributed by atoms with Crippen molar-refractivity contribution < 1.29 is 29.0 Å². The maximum Gasteiger partial charge on any atom is 0.342 e. The van der Waals surface area contributed by atoms with Gasteiger partial charge in [0.2, 0.25) is 0 Å². The molecule has 0 unspecified atom stereocenters. The number of amides is 1. The average molecular weight is 392 g/mol. The Morgan fingerprint density at radius 1 is 1.15 bits per heavy atom. The van der Waals surface area contributed by atoms with E-state index in [1.165, 1.54) is 25.3 Å². The van der Waals surface area contributed by atoms with Crippen LogP contribution in [0.15, 0.2) is 48.5 Å². The SMILES string of the molecule is COC(=O)[C@H](Cc1ccccc1)NC(=O)COC(=O)c1cc(Cl)ccc1O. The molecule has 0 aliphatic carbocycles. The zero-order valence-corrected chi connectivity index (χ0v) is 15.2. The minimum Gasteiger partial charge on any atom is -0.507 e. The van der Waals surface area contributed by atoms with Crippen LogP contribution in [-0.2, 0) is 25.5 Å². The molecule has 0 aromatic heterocycles. The summed E-state index contributed by atoms with van der Waals surface area (Å²) in [6, 6.07) is 12.0. The molecule has 0 bridgehead atoms. The number of phenols is 1. The molecule has 2 aromatic rings.